The molecule has 1 aromatic rings. The summed E-state index contributed by atoms with van der Waals surface area (Å²) in [5, 5.41) is 4.93. The number of nitrogens with one attached hydrogen (secondary N) is 2. The van der Waals surface area contributed by atoms with Crippen molar-refractivity contribution >= 4 is 11.6 Å². The third-order valence-electron chi connectivity index (χ3n) is 2.80. The summed E-state index contributed by atoms with van der Waals surface area (Å²) in [5.41, 5.74) is 3.85. The Bertz CT molecular complexity index is 347. The Balaban J connectivity index is 1.92. The zero-order chi connectivity index (χ0) is 11.4. The molecule has 2 rings (SSSR count). The Hall–Kier alpha value is -1.55. The molecule has 0 aliphatic carbocycles. The molecule has 4 nitrogen and oxygen atoms in total. The average molecular weight is 219 g/mol. The lowest BCUT2D eigenvalue weighted by Crippen LogP contribution is -2.47. The molecule has 4 heteroatoms. The number of benzene rings is 1. The molecule has 1 saturated heterocycles. The van der Waals surface area contributed by atoms with Gasteiger partial charge in [-0.2, -0.15) is 0 Å². The van der Waals surface area contributed by atoms with E-state index in [9.17, 15) is 4.79 Å². The van der Waals surface area contributed by atoms with Crippen molar-refractivity contribution < 1.29 is 4.79 Å². The molecule has 1 aromatic carbocycles. The van der Waals surface area contributed by atoms with Crippen LogP contribution < -0.4 is 15.8 Å². The summed E-state index contributed by atoms with van der Waals surface area (Å²) in [6.07, 6.45) is 2.00. The molecule has 0 bridgehead atoms. The van der Waals surface area contributed by atoms with Gasteiger partial charge < -0.3 is 5.32 Å². The second kappa shape index (κ2) is 4.99. The lowest BCUT2D eigenvalue weighted by molar-refractivity contribution is -0.122. The molecule has 0 saturated carbocycles. The highest BCUT2D eigenvalue weighted by Gasteiger charge is 2.22. The molecule has 1 fully saturated rings. The first-order valence-corrected chi connectivity index (χ1v) is 5.60. The zero-order valence-corrected chi connectivity index (χ0v) is 9.44. The van der Waals surface area contributed by atoms with E-state index < -0.39 is 0 Å². The molecule has 1 amide bonds. The smallest absolute Gasteiger partial charge is 0.255 e. The summed E-state index contributed by atoms with van der Waals surface area (Å²) in [7, 11) is 1.85. The number of carbonyl (C=O) groups excluding carboxylic acids is 1. The first-order valence-electron chi connectivity index (χ1n) is 5.60. The highest BCUT2D eigenvalue weighted by molar-refractivity contribution is 5.83. The van der Waals surface area contributed by atoms with Gasteiger partial charge in [0.1, 0.15) is 0 Å². The fourth-order valence-corrected chi connectivity index (χ4v) is 1.87. The van der Waals surface area contributed by atoms with Gasteiger partial charge in [0.25, 0.3) is 5.91 Å². The van der Waals surface area contributed by atoms with Gasteiger partial charge in [-0.1, -0.05) is 18.2 Å². The fraction of sp³-hybridized carbons (Fsp3) is 0.417. The van der Waals surface area contributed by atoms with Gasteiger partial charge in [0.15, 0.2) is 0 Å². The second-order valence-electron chi connectivity index (χ2n) is 4.02. The number of rotatable bonds is 3. The predicted octanol–water partition coefficient (Wildman–Crippen LogP) is 0.906. The van der Waals surface area contributed by atoms with Crippen LogP contribution in [-0.2, 0) is 4.79 Å². The lowest BCUT2D eigenvalue weighted by Gasteiger charge is -2.22. The van der Waals surface area contributed by atoms with Gasteiger partial charge in [-0.25, -0.2) is 0 Å². The summed E-state index contributed by atoms with van der Waals surface area (Å²) < 4.78 is 0. The van der Waals surface area contributed by atoms with Crippen LogP contribution in [0, 0.1) is 0 Å². The van der Waals surface area contributed by atoms with Crippen LogP contribution in [0.1, 0.15) is 12.8 Å². The van der Waals surface area contributed by atoms with E-state index in [1.807, 2.05) is 37.4 Å². The van der Waals surface area contributed by atoms with Crippen molar-refractivity contribution in [3.8, 4) is 0 Å². The van der Waals surface area contributed by atoms with E-state index >= 15 is 0 Å². The number of amides is 1. The number of hydrogen-bond acceptors (Lipinski definition) is 3. The summed E-state index contributed by atoms with van der Waals surface area (Å²) in [5.74, 6) is 0.0452. The van der Waals surface area contributed by atoms with Gasteiger partial charge in [0.05, 0.1) is 11.7 Å². The van der Waals surface area contributed by atoms with Crippen molar-refractivity contribution in [1.29, 1.82) is 0 Å². The number of para-hydroxylation sites is 1. The zero-order valence-electron chi connectivity index (χ0n) is 9.44. The van der Waals surface area contributed by atoms with Crippen LogP contribution in [0.15, 0.2) is 30.3 Å². The number of nitrogens with zero attached hydrogens (tertiary/aromatic N) is 1. The average Bonchev–Trinajstić information content (AvgIpc) is 2.83. The van der Waals surface area contributed by atoms with Crippen LogP contribution >= 0.6 is 0 Å². The molecular weight excluding hydrogens is 202 g/mol. The van der Waals surface area contributed by atoms with Crippen LogP contribution in [0.25, 0.3) is 0 Å². The van der Waals surface area contributed by atoms with E-state index in [-0.39, 0.29) is 11.9 Å². The standard InChI is InChI=1S/C12H17N3O/c1-15(10-6-3-2-4-7-10)14-12(16)11-8-5-9-13-11/h2-4,6-7,11,13H,5,8-9H2,1H3,(H,14,16). The molecule has 2 N–H and O–H groups in total. The fourth-order valence-electron chi connectivity index (χ4n) is 1.87. The van der Waals surface area contributed by atoms with Crippen molar-refractivity contribution in [3.63, 3.8) is 0 Å². The lowest BCUT2D eigenvalue weighted by atomic mass is 10.2. The van der Waals surface area contributed by atoms with Crippen molar-refractivity contribution in [1.82, 2.24) is 10.7 Å². The van der Waals surface area contributed by atoms with E-state index in [1.54, 1.807) is 5.01 Å². The van der Waals surface area contributed by atoms with Gasteiger partial charge in [-0.3, -0.25) is 15.2 Å². The van der Waals surface area contributed by atoms with E-state index in [0.29, 0.717) is 0 Å². The molecule has 0 spiro atoms. The summed E-state index contributed by atoms with van der Waals surface area (Å²) in [4.78, 5) is 11.8. The Morgan fingerprint density at radius 2 is 2.19 bits per heavy atom. The maximum absolute atomic E-state index is 11.8. The first kappa shape index (κ1) is 11.0. The Morgan fingerprint density at radius 1 is 1.44 bits per heavy atom. The van der Waals surface area contributed by atoms with E-state index in [0.717, 1.165) is 25.1 Å². The number of hydrogen-bond donors (Lipinski definition) is 2. The number of carbonyl (C=O) groups is 1. The summed E-state index contributed by atoms with van der Waals surface area (Å²) >= 11 is 0. The second-order valence-corrected chi connectivity index (χ2v) is 4.02. The summed E-state index contributed by atoms with van der Waals surface area (Å²) in [6.45, 7) is 0.938. The highest BCUT2D eigenvalue weighted by Crippen LogP contribution is 2.10. The van der Waals surface area contributed by atoms with Crippen LogP contribution in [0.2, 0.25) is 0 Å². The molecular formula is C12H17N3O. The Kier molecular flexibility index (Phi) is 3.41. The molecule has 1 heterocycles. The third kappa shape index (κ3) is 2.52. The monoisotopic (exact) mass is 219 g/mol. The minimum absolute atomic E-state index is 0.0360. The molecule has 1 unspecified atom stereocenters. The van der Waals surface area contributed by atoms with Crippen molar-refractivity contribution in [2.45, 2.75) is 18.9 Å². The Labute approximate surface area is 95.6 Å². The van der Waals surface area contributed by atoms with Gasteiger partial charge in [0.2, 0.25) is 0 Å². The highest BCUT2D eigenvalue weighted by atomic mass is 16.2. The van der Waals surface area contributed by atoms with Crippen molar-refractivity contribution in [3.05, 3.63) is 30.3 Å². The molecule has 1 aliphatic heterocycles. The summed E-state index contributed by atoms with van der Waals surface area (Å²) in [6, 6.07) is 9.74. The quantitative estimate of drug-likeness (QED) is 0.743. The molecule has 0 radical (unpaired) electrons. The van der Waals surface area contributed by atoms with Crippen LogP contribution in [-0.4, -0.2) is 25.5 Å². The topological polar surface area (TPSA) is 44.4 Å². The third-order valence-corrected chi connectivity index (χ3v) is 2.80. The molecule has 1 atom stereocenters. The van der Waals surface area contributed by atoms with Gasteiger partial charge in [0, 0.05) is 7.05 Å². The largest absolute Gasteiger partial charge is 0.306 e. The molecule has 1 aliphatic rings. The first-order chi connectivity index (χ1) is 7.77. The van der Waals surface area contributed by atoms with Gasteiger partial charge in [-0.15, -0.1) is 0 Å². The molecule has 16 heavy (non-hydrogen) atoms. The maximum atomic E-state index is 11.8. The predicted molar refractivity (Wildman–Crippen MR) is 64.0 cm³/mol. The molecule has 86 valence electrons. The van der Waals surface area contributed by atoms with Gasteiger partial charge in [-0.05, 0) is 31.5 Å². The van der Waals surface area contributed by atoms with Crippen LogP contribution in [0.5, 0.6) is 0 Å². The SMILES string of the molecule is CN(NC(=O)C1CCCN1)c1ccccc1. The van der Waals surface area contributed by atoms with Gasteiger partial charge >= 0.3 is 0 Å². The minimum atomic E-state index is -0.0360. The number of hydrazine groups is 1. The van der Waals surface area contributed by atoms with E-state index in [4.69, 9.17) is 0 Å². The normalized spacial score (nSPS) is 19.4. The molecule has 0 aromatic heterocycles. The van der Waals surface area contributed by atoms with Crippen molar-refractivity contribution in [2.24, 2.45) is 0 Å². The van der Waals surface area contributed by atoms with E-state index in [1.165, 1.54) is 0 Å². The maximum Gasteiger partial charge on any atom is 0.255 e. The Morgan fingerprint density at radius 3 is 2.81 bits per heavy atom. The van der Waals surface area contributed by atoms with E-state index in [2.05, 4.69) is 10.7 Å². The van der Waals surface area contributed by atoms with Crippen molar-refractivity contribution in [2.75, 3.05) is 18.6 Å². The minimum Gasteiger partial charge on any atom is -0.306 e. The number of anilines is 1. The van der Waals surface area contributed by atoms with Crippen LogP contribution in [0.4, 0.5) is 5.69 Å². The van der Waals surface area contributed by atoms with Crippen LogP contribution in [0.3, 0.4) is 0 Å².